The normalized spacial score (nSPS) is 28.2. The molecule has 0 aliphatic carbocycles. The highest BCUT2D eigenvalue weighted by atomic mass is 16.5. The van der Waals surface area contributed by atoms with Crippen LogP contribution in [0, 0.1) is 0 Å². The van der Waals surface area contributed by atoms with E-state index in [2.05, 4.69) is 37.9 Å². The molecule has 3 nitrogen and oxygen atoms in total. The third-order valence-corrected chi connectivity index (χ3v) is 3.51. The highest BCUT2D eigenvalue weighted by molar-refractivity contribution is 4.74. The molecule has 3 unspecified atom stereocenters. The highest BCUT2D eigenvalue weighted by Crippen LogP contribution is 2.12. The van der Waals surface area contributed by atoms with Gasteiger partial charge in [0.1, 0.15) is 0 Å². The molecule has 102 valence electrons. The van der Waals surface area contributed by atoms with Gasteiger partial charge in [0.25, 0.3) is 0 Å². The second-order valence-electron chi connectivity index (χ2n) is 5.32. The first-order chi connectivity index (χ1) is 8.15. The zero-order chi connectivity index (χ0) is 12.7. The molecule has 1 aliphatic rings. The molecule has 0 aromatic heterocycles. The Morgan fingerprint density at radius 1 is 1.24 bits per heavy atom. The molecule has 0 aromatic carbocycles. The Morgan fingerprint density at radius 3 is 2.41 bits per heavy atom. The van der Waals surface area contributed by atoms with Crippen LogP contribution in [0.25, 0.3) is 0 Å². The minimum Gasteiger partial charge on any atom is -0.373 e. The molecular formula is C14H30N2O. The first-order valence-corrected chi connectivity index (χ1v) is 7.26. The molecule has 3 heteroatoms. The zero-order valence-electron chi connectivity index (χ0n) is 12.0. The van der Waals surface area contributed by atoms with E-state index in [1.54, 1.807) is 0 Å². The van der Waals surface area contributed by atoms with Gasteiger partial charge in [-0.25, -0.2) is 0 Å². The number of hydrogen-bond donors (Lipinski definition) is 1. The van der Waals surface area contributed by atoms with Crippen molar-refractivity contribution in [3.8, 4) is 0 Å². The van der Waals surface area contributed by atoms with Crippen LogP contribution in [-0.2, 0) is 4.74 Å². The van der Waals surface area contributed by atoms with Crippen molar-refractivity contribution in [2.45, 2.75) is 65.2 Å². The summed E-state index contributed by atoms with van der Waals surface area (Å²) in [4.78, 5) is 2.55. The fourth-order valence-electron chi connectivity index (χ4n) is 2.77. The maximum Gasteiger partial charge on any atom is 0.0678 e. The van der Waals surface area contributed by atoms with Crippen LogP contribution in [0.3, 0.4) is 0 Å². The third-order valence-electron chi connectivity index (χ3n) is 3.51. The quantitative estimate of drug-likeness (QED) is 0.741. The van der Waals surface area contributed by atoms with Gasteiger partial charge in [-0.1, -0.05) is 13.8 Å². The molecule has 0 amide bonds. The average Bonchev–Trinajstić information content (AvgIpc) is 2.26. The third kappa shape index (κ3) is 5.84. The van der Waals surface area contributed by atoms with E-state index in [-0.39, 0.29) is 0 Å². The van der Waals surface area contributed by atoms with Crippen molar-refractivity contribution in [2.24, 2.45) is 0 Å². The molecule has 0 spiro atoms. The predicted octanol–water partition coefficient (Wildman–Crippen LogP) is 2.26. The van der Waals surface area contributed by atoms with Crippen molar-refractivity contribution < 1.29 is 4.74 Å². The fourth-order valence-corrected chi connectivity index (χ4v) is 2.77. The maximum atomic E-state index is 5.75. The van der Waals surface area contributed by atoms with Crippen LogP contribution in [0.15, 0.2) is 0 Å². The summed E-state index contributed by atoms with van der Waals surface area (Å²) < 4.78 is 5.75. The number of hydrogen-bond acceptors (Lipinski definition) is 3. The molecule has 1 fully saturated rings. The van der Waals surface area contributed by atoms with E-state index in [4.69, 9.17) is 4.74 Å². The van der Waals surface area contributed by atoms with E-state index < -0.39 is 0 Å². The van der Waals surface area contributed by atoms with Crippen LogP contribution < -0.4 is 5.32 Å². The van der Waals surface area contributed by atoms with Crippen LogP contribution in [0.1, 0.15) is 47.0 Å². The lowest BCUT2D eigenvalue weighted by atomic mass is 10.1. The topological polar surface area (TPSA) is 24.5 Å². The van der Waals surface area contributed by atoms with Gasteiger partial charge in [-0.2, -0.15) is 0 Å². The lowest BCUT2D eigenvalue weighted by Gasteiger charge is -2.35. The Bertz CT molecular complexity index is 189. The summed E-state index contributed by atoms with van der Waals surface area (Å²) in [5.74, 6) is 0. The monoisotopic (exact) mass is 242 g/mol. The summed E-state index contributed by atoms with van der Waals surface area (Å²) in [6.07, 6.45) is 4.63. The standard InChI is InChI=1S/C14H30N2O/c1-5-14(15-6-2)8-7-9-16-10-12(3)17-13(4)11-16/h12-15H,5-11H2,1-4H3. The summed E-state index contributed by atoms with van der Waals surface area (Å²) in [6.45, 7) is 13.3. The summed E-state index contributed by atoms with van der Waals surface area (Å²) in [5, 5.41) is 3.54. The van der Waals surface area contributed by atoms with Crippen LogP contribution in [0.4, 0.5) is 0 Å². The Morgan fingerprint density at radius 2 is 1.88 bits per heavy atom. The number of morpholine rings is 1. The Labute approximate surface area is 107 Å². The lowest BCUT2D eigenvalue weighted by molar-refractivity contribution is -0.0682. The van der Waals surface area contributed by atoms with Crippen LogP contribution in [0.2, 0.25) is 0 Å². The van der Waals surface area contributed by atoms with Crippen molar-refractivity contribution in [1.29, 1.82) is 0 Å². The van der Waals surface area contributed by atoms with Gasteiger partial charge in [-0.3, -0.25) is 4.90 Å². The van der Waals surface area contributed by atoms with E-state index in [1.807, 2.05) is 0 Å². The number of nitrogens with one attached hydrogen (secondary N) is 1. The van der Waals surface area contributed by atoms with E-state index >= 15 is 0 Å². The van der Waals surface area contributed by atoms with Gasteiger partial charge in [0, 0.05) is 19.1 Å². The molecule has 1 rings (SSSR count). The van der Waals surface area contributed by atoms with Crippen LogP contribution in [-0.4, -0.2) is 49.3 Å². The maximum absolute atomic E-state index is 5.75. The lowest BCUT2D eigenvalue weighted by Crippen LogP contribution is -2.45. The van der Waals surface area contributed by atoms with Gasteiger partial charge in [0.05, 0.1) is 12.2 Å². The Balaban J connectivity index is 2.16. The van der Waals surface area contributed by atoms with Gasteiger partial charge >= 0.3 is 0 Å². The van der Waals surface area contributed by atoms with Gasteiger partial charge in [0.2, 0.25) is 0 Å². The van der Waals surface area contributed by atoms with E-state index in [1.165, 1.54) is 25.8 Å². The summed E-state index contributed by atoms with van der Waals surface area (Å²) in [5.41, 5.74) is 0. The van der Waals surface area contributed by atoms with Crippen molar-refractivity contribution in [2.75, 3.05) is 26.2 Å². The van der Waals surface area contributed by atoms with Gasteiger partial charge in [-0.15, -0.1) is 0 Å². The van der Waals surface area contributed by atoms with Crippen LogP contribution in [0.5, 0.6) is 0 Å². The van der Waals surface area contributed by atoms with Crippen LogP contribution >= 0.6 is 0 Å². The van der Waals surface area contributed by atoms with E-state index in [0.717, 1.165) is 19.6 Å². The first-order valence-electron chi connectivity index (χ1n) is 7.26. The molecule has 0 bridgehead atoms. The SMILES string of the molecule is CCNC(CC)CCCN1CC(C)OC(C)C1. The molecule has 1 saturated heterocycles. The molecule has 0 saturated carbocycles. The molecule has 1 N–H and O–H groups in total. The molecular weight excluding hydrogens is 212 g/mol. The smallest absolute Gasteiger partial charge is 0.0678 e. The predicted molar refractivity (Wildman–Crippen MR) is 73.4 cm³/mol. The second-order valence-corrected chi connectivity index (χ2v) is 5.32. The molecule has 0 radical (unpaired) electrons. The highest BCUT2D eigenvalue weighted by Gasteiger charge is 2.21. The minimum atomic E-state index is 0.398. The van der Waals surface area contributed by atoms with Crippen molar-refractivity contribution >= 4 is 0 Å². The summed E-state index contributed by atoms with van der Waals surface area (Å²) in [6, 6.07) is 0.705. The van der Waals surface area contributed by atoms with Crippen molar-refractivity contribution in [3.63, 3.8) is 0 Å². The largest absolute Gasteiger partial charge is 0.373 e. The Hall–Kier alpha value is -0.120. The second kappa shape index (κ2) is 8.06. The van der Waals surface area contributed by atoms with Gasteiger partial charge in [-0.05, 0) is 46.2 Å². The van der Waals surface area contributed by atoms with Crippen molar-refractivity contribution in [1.82, 2.24) is 10.2 Å². The molecule has 3 atom stereocenters. The summed E-state index contributed by atoms with van der Waals surface area (Å²) in [7, 11) is 0. The Kier molecular flexibility index (Phi) is 7.09. The van der Waals surface area contributed by atoms with E-state index in [9.17, 15) is 0 Å². The zero-order valence-corrected chi connectivity index (χ0v) is 12.0. The number of nitrogens with zero attached hydrogens (tertiary/aromatic N) is 1. The first kappa shape index (κ1) is 14.9. The minimum absolute atomic E-state index is 0.398. The van der Waals surface area contributed by atoms with Crippen molar-refractivity contribution in [3.05, 3.63) is 0 Å². The molecule has 0 aromatic rings. The number of ether oxygens (including phenoxy) is 1. The number of rotatable bonds is 7. The average molecular weight is 242 g/mol. The molecule has 1 heterocycles. The summed E-state index contributed by atoms with van der Waals surface area (Å²) >= 11 is 0. The van der Waals surface area contributed by atoms with Gasteiger partial charge in [0.15, 0.2) is 0 Å². The fraction of sp³-hybridized carbons (Fsp3) is 1.00. The molecule has 1 aliphatic heterocycles. The van der Waals surface area contributed by atoms with E-state index in [0.29, 0.717) is 18.2 Å². The van der Waals surface area contributed by atoms with Gasteiger partial charge < -0.3 is 10.1 Å². The molecule has 17 heavy (non-hydrogen) atoms.